The van der Waals surface area contributed by atoms with E-state index in [0.29, 0.717) is 22.9 Å². The number of ether oxygens (including phenoxy) is 3. The molecule has 0 atom stereocenters. The van der Waals surface area contributed by atoms with Crippen LogP contribution in [0.1, 0.15) is 42.9 Å². The Hall–Kier alpha value is -3.49. The molecule has 2 aromatic heterocycles. The minimum absolute atomic E-state index is 0.0144. The molecule has 2 heterocycles. The fourth-order valence-corrected chi connectivity index (χ4v) is 2.95. The third-order valence-corrected chi connectivity index (χ3v) is 4.34. The molecule has 1 aromatic carbocycles. The van der Waals surface area contributed by atoms with Gasteiger partial charge < -0.3 is 18.8 Å². The molecule has 0 spiro atoms. The molecule has 0 amide bonds. The van der Waals surface area contributed by atoms with E-state index in [1.165, 1.54) is 31.6 Å². The monoisotopic (exact) mass is 414 g/mol. The van der Waals surface area contributed by atoms with Gasteiger partial charge in [0.05, 0.1) is 31.8 Å². The van der Waals surface area contributed by atoms with Gasteiger partial charge in [0.1, 0.15) is 5.69 Å². The smallest absolute Gasteiger partial charge is 0.356 e. The normalized spacial score (nSPS) is 10.9. The summed E-state index contributed by atoms with van der Waals surface area (Å²) in [7, 11) is 3.12. The molecule has 0 aliphatic rings. The fraction of sp³-hybridized carbons (Fsp3) is 0.333. The van der Waals surface area contributed by atoms with Crippen LogP contribution in [-0.2, 0) is 11.8 Å². The van der Waals surface area contributed by atoms with Crippen LogP contribution in [0.15, 0.2) is 30.6 Å². The van der Waals surface area contributed by atoms with Gasteiger partial charge in [0.15, 0.2) is 23.1 Å². The first-order valence-corrected chi connectivity index (χ1v) is 9.43. The van der Waals surface area contributed by atoms with Crippen molar-refractivity contribution in [3.8, 4) is 28.9 Å². The summed E-state index contributed by atoms with van der Waals surface area (Å²) in [6.45, 7) is 5.87. The highest BCUT2D eigenvalue weighted by Crippen LogP contribution is 2.34. The Bertz CT molecular complexity index is 1070. The lowest BCUT2D eigenvalue weighted by Gasteiger charge is -2.11. The molecule has 0 bridgehead atoms. The van der Waals surface area contributed by atoms with Crippen molar-refractivity contribution in [1.29, 1.82) is 0 Å². The van der Waals surface area contributed by atoms with Crippen molar-refractivity contribution in [1.82, 2.24) is 19.5 Å². The van der Waals surface area contributed by atoms with Gasteiger partial charge in [-0.25, -0.2) is 19.2 Å². The molecule has 0 N–H and O–H groups in total. The third-order valence-electron chi connectivity index (χ3n) is 4.34. The van der Waals surface area contributed by atoms with Gasteiger partial charge in [-0.3, -0.25) is 4.98 Å². The zero-order chi connectivity index (χ0) is 21.8. The average molecular weight is 414 g/mol. The van der Waals surface area contributed by atoms with E-state index in [2.05, 4.69) is 15.0 Å². The number of esters is 1. The second-order valence-electron chi connectivity index (χ2n) is 6.72. The first-order valence-electron chi connectivity index (χ1n) is 9.43. The first-order chi connectivity index (χ1) is 14.4. The Kier molecular flexibility index (Phi) is 6.29. The maximum atomic E-state index is 14.2. The van der Waals surface area contributed by atoms with E-state index in [-0.39, 0.29) is 29.9 Å². The van der Waals surface area contributed by atoms with Crippen molar-refractivity contribution in [2.45, 2.75) is 26.7 Å². The van der Waals surface area contributed by atoms with E-state index in [1.807, 2.05) is 13.8 Å². The van der Waals surface area contributed by atoms with Crippen LogP contribution >= 0.6 is 0 Å². The van der Waals surface area contributed by atoms with Gasteiger partial charge in [0.25, 0.3) is 0 Å². The van der Waals surface area contributed by atoms with Gasteiger partial charge in [-0.05, 0) is 25.0 Å². The lowest BCUT2D eigenvalue weighted by Crippen LogP contribution is -2.13. The van der Waals surface area contributed by atoms with E-state index in [0.717, 1.165) is 0 Å². The van der Waals surface area contributed by atoms with Crippen molar-refractivity contribution < 1.29 is 23.4 Å². The molecule has 3 aromatic rings. The summed E-state index contributed by atoms with van der Waals surface area (Å²) in [5.41, 5.74) is 1.31. The molecule has 0 saturated carbocycles. The molecule has 0 fully saturated rings. The fourth-order valence-electron chi connectivity index (χ4n) is 2.95. The van der Waals surface area contributed by atoms with Crippen molar-refractivity contribution in [3.63, 3.8) is 0 Å². The first kappa shape index (κ1) is 21.2. The van der Waals surface area contributed by atoms with Crippen LogP contribution in [0.3, 0.4) is 0 Å². The highest BCUT2D eigenvalue weighted by Gasteiger charge is 2.25. The third kappa shape index (κ3) is 4.10. The van der Waals surface area contributed by atoms with Crippen LogP contribution < -0.4 is 9.47 Å². The summed E-state index contributed by atoms with van der Waals surface area (Å²) in [6.07, 6.45) is 2.85. The van der Waals surface area contributed by atoms with Gasteiger partial charge in [0, 0.05) is 7.05 Å². The molecule has 0 radical (unpaired) electrons. The Morgan fingerprint density at radius 1 is 1.23 bits per heavy atom. The van der Waals surface area contributed by atoms with Crippen molar-refractivity contribution in [3.05, 3.63) is 47.8 Å². The molecular weight excluding hydrogens is 391 g/mol. The molecule has 0 unspecified atom stereocenters. The van der Waals surface area contributed by atoms with E-state index in [9.17, 15) is 9.18 Å². The molecular formula is C21H23FN4O4. The number of aromatic nitrogens is 4. The zero-order valence-electron chi connectivity index (χ0n) is 17.5. The number of carbonyl (C=O) groups is 1. The minimum Gasteiger partial charge on any atom is -0.493 e. The Morgan fingerprint density at radius 2 is 2.00 bits per heavy atom. The van der Waals surface area contributed by atoms with Crippen LogP contribution in [0.2, 0.25) is 0 Å². The lowest BCUT2D eigenvalue weighted by atomic mass is 10.1. The van der Waals surface area contributed by atoms with Gasteiger partial charge in [-0.2, -0.15) is 0 Å². The summed E-state index contributed by atoms with van der Waals surface area (Å²) >= 11 is 0. The predicted octanol–water partition coefficient (Wildman–Crippen LogP) is 4.12. The highest BCUT2D eigenvalue weighted by molar-refractivity contribution is 5.90. The molecule has 8 nitrogen and oxygen atoms in total. The SMILES string of the molecule is CCOC(=O)c1c(C(C)C)nc(-c2cncc(Oc3c(F)cccc3OC)n2)n1C. The maximum Gasteiger partial charge on any atom is 0.356 e. The number of halogens is 1. The summed E-state index contributed by atoms with van der Waals surface area (Å²) < 4.78 is 31.7. The summed E-state index contributed by atoms with van der Waals surface area (Å²) in [6, 6.07) is 4.35. The quantitative estimate of drug-likeness (QED) is 0.537. The zero-order valence-corrected chi connectivity index (χ0v) is 17.5. The molecule has 158 valence electrons. The standard InChI is InChI=1S/C21H23FN4O4/c1-6-29-21(27)18-17(12(2)3)25-20(26(18)4)14-10-23-11-16(24-14)30-19-13(22)8-7-9-15(19)28-5/h7-12H,6H2,1-5H3. The maximum absolute atomic E-state index is 14.2. The van der Waals surface area contributed by atoms with Crippen LogP contribution in [0.4, 0.5) is 4.39 Å². The van der Waals surface area contributed by atoms with Crippen molar-refractivity contribution in [2.75, 3.05) is 13.7 Å². The number of carbonyl (C=O) groups excluding carboxylic acids is 1. The van der Waals surface area contributed by atoms with Gasteiger partial charge in [-0.1, -0.05) is 19.9 Å². The molecule has 30 heavy (non-hydrogen) atoms. The van der Waals surface area contributed by atoms with E-state index in [4.69, 9.17) is 14.2 Å². The van der Waals surface area contributed by atoms with E-state index in [1.54, 1.807) is 24.6 Å². The highest BCUT2D eigenvalue weighted by atomic mass is 19.1. The van der Waals surface area contributed by atoms with Crippen LogP contribution in [0.5, 0.6) is 17.4 Å². The van der Waals surface area contributed by atoms with Gasteiger partial charge in [0.2, 0.25) is 11.6 Å². The number of benzene rings is 1. The molecule has 0 aliphatic carbocycles. The summed E-state index contributed by atoms with van der Waals surface area (Å²) in [4.78, 5) is 25.6. The predicted molar refractivity (Wildman–Crippen MR) is 107 cm³/mol. The summed E-state index contributed by atoms with van der Waals surface area (Å²) in [5, 5.41) is 0. The number of imidazole rings is 1. The number of rotatable bonds is 7. The van der Waals surface area contributed by atoms with Crippen molar-refractivity contribution >= 4 is 5.97 Å². The van der Waals surface area contributed by atoms with Gasteiger partial charge in [-0.15, -0.1) is 0 Å². The molecule has 0 aliphatic heterocycles. The van der Waals surface area contributed by atoms with Crippen LogP contribution in [-0.4, -0.2) is 39.2 Å². The molecule has 9 heteroatoms. The van der Waals surface area contributed by atoms with E-state index < -0.39 is 11.8 Å². The van der Waals surface area contributed by atoms with Gasteiger partial charge >= 0.3 is 5.97 Å². The largest absolute Gasteiger partial charge is 0.493 e. The molecule has 3 rings (SSSR count). The van der Waals surface area contributed by atoms with Crippen LogP contribution in [0.25, 0.3) is 11.5 Å². The number of hydrogen-bond acceptors (Lipinski definition) is 7. The van der Waals surface area contributed by atoms with Crippen LogP contribution in [0, 0.1) is 5.82 Å². The number of hydrogen-bond donors (Lipinski definition) is 0. The van der Waals surface area contributed by atoms with Crippen molar-refractivity contribution in [2.24, 2.45) is 7.05 Å². The Labute approximate surface area is 173 Å². The topological polar surface area (TPSA) is 88.4 Å². The Morgan fingerprint density at radius 3 is 2.67 bits per heavy atom. The second kappa shape index (κ2) is 8.89. The Balaban J connectivity index is 2.03. The number of para-hydroxylation sites is 1. The number of methoxy groups -OCH3 is 1. The minimum atomic E-state index is -0.592. The number of nitrogens with zero attached hydrogens (tertiary/aromatic N) is 4. The van der Waals surface area contributed by atoms with E-state index >= 15 is 0 Å². The lowest BCUT2D eigenvalue weighted by molar-refractivity contribution is 0.0513. The molecule has 0 saturated heterocycles. The average Bonchev–Trinajstić information content (AvgIpc) is 3.07. The second-order valence-corrected chi connectivity index (χ2v) is 6.72. The summed E-state index contributed by atoms with van der Waals surface area (Å²) in [5.74, 6) is -0.460.